The predicted molar refractivity (Wildman–Crippen MR) is 44.1 cm³/mol. The summed E-state index contributed by atoms with van der Waals surface area (Å²) in [6.07, 6.45) is 1.42. The lowest BCUT2D eigenvalue weighted by Gasteiger charge is -2.33. The summed E-state index contributed by atoms with van der Waals surface area (Å²) in [5, 5.41) is 18.0. The minimum atomic E-state index is -0.914. The molecule has 70 valence electrons. The first-order valence-electron chi connectivity index (χ1n) is 4.28. The zero-order valence-corrected chi connectivity index (χ0v) is 7.29. The Kier molecular flexibility index (Phi) is 2.57. The van der Waals surface area contributed by atoms with Crippen molar-refractivity contribution < 1.29 is 15.0 Å². The number of likely N-dealkylation sites (tertiary alicyclic amines) is 1. The average molecular weight is 173 g/mol. The van der Waals surface area contributed by atoms with Crippen LogP contribution in [0.25, 0.3) is 0 Å². The minimum Gasteiger partial charge on any atom is -0.465 e. The van der Waals surface area contributed by atoms with Crippen LogP contribution in [0.4, 0.5) is 4.79 Å². The lowest BCUT2D eigenvalue weighted by atomic mass is 9.94. The lowest BCUT2D eigenvalue weighted by molar-refractivity contribution is 0.0574. The molecule has 1 rings (SSSR count). The fourth-order valence-electron chi connectivity index (χ4n) is 1.88. The summed E-state index contributed by atoms with van der Waals surface area (Å²) < 4.78 is 0. The topological polar surface area (TPSA) is 60.8 Å². The van der Waals surface area contributed by atoms with Crippen molar-refractivity contribution in [2.45, 2.75) is 31.7 Å². The number of carbonyl (C=O) groups is 1. The molecule has 0 aromatic rings. The van der Waals surface area contributed by atoms with Crippen LogP contribution in [0.1, 0.15) is 26.2 Å². The molecule has 4 nitrogen and oxygen atoms in total. The van der Waals surface area contributed by atoms with Gasteiger partial charge in [-0.2, -0.15) is 0 Å². The van der Waals surface area contributed by atoms with Gasteiger partial charge in [0.25, 0.3) is 0 Å². The van der Waals surface area contributed by atoms with E-state index in [9.17, 15) is 4.79 Å². The van der Waals surface area contributed by atoms with Crippen molar-refractivity contribution >= 4 is 6.09 Å². The van der Waals surface area contributed by atoms with Gasteiger partial charge in [0.1, 0.15) is 0 Å². The molecule has 0 aromatic heterocycles. The smallest absolute Gasteiger partial charge is 0.407 e. The van der Waals surface area contributed by atoms with E-state index in [2.05, 4.69) is 0 Å². The third kappa shape index (κ3) is 1.27. The number of hydrogen-bond donors (Lipinski definition) is 2. The monoisotopic (exact) mass is 173 g/mol. The number of hydrogen-bond acceptors (Lipinski definition) is 2. The maximum absolute atomic E-state index is 10.7. The van der Waals surface area contributed by atoms with Crippen molar-refractivity contribution in [2.24, 2.45) is 0 Å². The van der Waals surface area contributed by atoms with Crippen LogP contribution >= 0.6 is 0 Å². The first-order valence-corrected chi connectivity index (χ1v) is 4.28. The zero-order chi connectivity index (χ0) is 9.19. The molecule has 0 spiro atoms. The van der Waals surface area contributed by atoms with E-state index in [-0.39, 0.29) is 6.61 Å². The van der Waals surface area contributed by atoms with E-state index < -0.39 is 11.6 Å². The van der Waals surface area contributed by atoms with Gasteiger partial charge in [-0.3, -0.25) is 0 Å². The number of aliphatic hydroxyl groups excluding tert-OH is 1. The van der Waals surface area contributed by atoms with Gasteiger partial charge < -0.3 is 15.1 Å². The van der Waals surface area contributed by atoms with Gasteiger partial charge in [0, 0.05) is 6.54 Å². The van der Waals surface area contributed by atoms with Crippen LogP contribution in [-0.2, 0) is 0 Å². The molecule has 2 N–H and O–H groups in total. The molecular weight excluding hydrogens is 158 g/mol. The van der Waals surface area contributed by atoms with E-state index in [0.29, 0.717) is 13.0 Å². The molecule has 0 aliphatic carbocycles. The Hall–Kier alpha value is -0.770. The molecule has 1 aliphatic heterocycles. The van der Waals surface area contributed by atoms with Gasteiger partial charge in [0.2, 0.25) is 0 Å². The molecule has 0 aromatic carbocycles. The van der Waals surface area contributed by atoms with Gasteiger partial charge in [-0.25, -0.2) is 4.79 Å². The van der Waals surface area contributed by atoms with Crippen LogP contribution < -0.4 is 0 Å². The second-order valence-electron chi connectivity index (χ2n) is 3.27. The third-order valence-corrected chi connectivity index (χ3v) is 2.78. The molecule has 1 saturated heterocycles. The van der Waals surface area contributed by atoms with E-state index in [0.717, 1.165) is 12.8 Å². The van der Waals surface area contributed by atoms with Crippen LogP contribution in [0, 0.1) is 0 Å². The highest BCUT2D eigenvalue weighted by Gasteiger charge is 2.41. The fraction of sp³-hybridized carbons (Fsp3) is 0.875. The SMILES string of the molecule is CCC1(CO)CCCN1C(=O)O. The maximum atomic E-state index is 10.7. The molecule has 1 aliphatic rings. The summed E-state index contributed by atoms with van der Waals surface area (Å²) in [7, 11) is 0. The van der Waals surface area contributed by atoms with E-state index >= 15 is 0 Å². The number of carboxylic acid groups (broad SMARTS) is 1. The highest BCUT2D eigenvalue weighted by molar-refractivity contribution is 5.66. The van der Waals surface area contributed by atoms with Gasteiger partial charge in [-0.15, -0.1) is 0 Å². The Bertz CT molecular complexity index is 177. The third-order valence-electron chi connectivity index (χ3n) is 2.78. The number of aliphatic hydroxyl groups is 1. The van der Waals surface area contributed by atoms with E-state index in [1.807, 2.05) is 6.92 Å². The molecule has 1 heterocycles. The van der Waals surface area contributed by atoms with E-state index in [1.54, 1.807) is 0 Å². The zero-order valence-electron chi connectivity index (χ0n) is 7.29. The normalized spacial score (nSPS) is 29.3. The molecule has 12 heavy (non-hydrogen) atoms. The average Bonchev–Trinajstić information content (AvgIpc) is 2.48. The van der Waals surface area contributed by atoms with Gasteiger partial charge >= 0.3 is 6.09 Å². The van der Waals surface area contributed by atoms with Crippen molar-refractivity contribution in [2.75, 3.05) is 13.2 Å². The Morgan fingerprint density at radius 1 is 1.67 bits per heavy atom. The summed E-state index contributed by atoms with van der Waals surface area (Å²) in [4.78, 5) is 12.1. The van der Waals surface area contributed by atoms with Crippen molar-refractivity contribution in [3.63, 3.8) is 0 Å². The Balaban J connectivity index is 2.78. The van der Waals surface area contributed by atoms with Gasteiger partial charge in [-0.05, 0) is 19.3 Å². The molecule has 1 unspecified atom stereocenters. The van der Waals surface area contributed by atoms with Gasteiger partial charge in [-0.1, -0.05) is 6.92 Å². The van der Waals surface area contributed by atoms with Crippen LogP contribution in [0.2, 0.25) is 0 Å². The standard InChI is InChI=1S/C8H15NO3/c1-2-8(6-10)4-3-5-9(8)7(11)12/h10H,2-6H2,1H3,(H,11,12). The Morgan fingerprint density at radius 2 is 2.33 bits per heavy atom. The predicted octanol–water partition coefficient (Wildman–Crippen LogP) is 0.901. The Morgan fingerprint density at radius 3 is 2.67 bits per heavy atom. The summed E-state index contributed by atoms with van der Waals surface area (Å²) >= 11 is 0. The molecule has 1 fully saturated rings. The van der Waals surface area contributed by atoms with Gasteiger partial charge in [0.05, 0.1) is 12.1 Å². The summed E-state index contributed by atoms with van der Waals surface area (Å²) in [5.41, 5.74) is -0.494. The van der Waals surface area contributed by atoms with Crippen LogP contribution in [-0.4, -0.2) is 39.9 Å². The number of nitrogens with zero attached hydrogens (tertiary/aromatic N) is 1. The Labute approximate surface area is 71.8 Å². The van der Waals surface area contributed by atoms with Crippen molar-refractivity contribution in [1.82, 2.24) is 4.90 Å². The van der Waals surface area contributed by atoms with Crippen LogP contribution in [0.3, 0.4) is 0 Å². The molecule has 1 amide bonds. The van der Waals surface area contributed by atoms with Crippen molar-refractivity contribution in [1.29, 1.82) is 0 Å². The second-order valence-corrected chi connectivity index (χ2v) is 3.27. The maximum Gasteiger partial charge on any atom is 0.407 e. The molecule has 4 heteroatoms. The molecule has 0 bridgehead atoms. The van der Waals surface area contributed by atoms with E-state index in [1.165, 1.54) is 4.90 Å². The molecule has 0 saturated carbocycles. The fourth-order valence-corrected chi connectivity index (χ4v) is 1.88. The summed E-state index contributed by atoms with van der Waals surface area (Å²) in [6, 6.07) is 0. The second kappa shape index (κ2) is 3.31. The highest BCUT2D eigenvalue weighted by atomic mass is 16.4. The quantitative estimate of drug-likeness (QED) is 0.652. The molecule has 1 atom stereocenters. The molecular formula is C8H15NO3. The van der Waals surface area contributed by atoms with Crippen LogP contribution in [0.5, 0.6) is 0 Å². The largest absolute Gasteiger partial charge is 0.465 e. The minimum absolute atomic E-state index is 0.0597. The summed E-state index contributed by atoms with van der Waals surface area (Å²) in [6.45, 7) is 2.41. The summed E-state index contributed by atoms with van der Waals surface area (Å²) in [5.74, 6) is 0. The van der Waals surface area contributed by atoms with E-state index in [4.69, 9.17) is 10.2 Å². The van der Waals surface area contributed by atoms with Crippen molar-refractivity contribution in [3.05, 3.63) is 0 Å². The number of rotatable bonds is 2. The highest BCUT2D eigenvalue weighted by Crippen LogP contribution is 2.31. The van der Waals surface area contributed by atoms with Gasteiger partial charge in [0.15, 0.2) is 0 Å². The first-order chi connectivity index (χ1) is 5.66. The van der Waals surface area contributed by atoms with Crippen LogP contribution in [0.15, 0.2) is 0 Å². The number of amides is 1. The van der Waals surface area contributed by atoms with Crippen molar-refractivity contribution in [3.8, 4) is 0 Å². The first kappa shape index (κ1) is 9.32. The lowest BCUT2D eigenvalue weighted by Crippen LogP contribution is -2.49. The molecule has 0 radical (unpaired) electrons.